The van der Waals surface area contributed by atoms with E-state index in [1.165, 1.54) is 36.4 Å². The van der Waals surface area contributed by atoms with Gasteiger partial charge >= 0.3 is 0 Å². The molecule has 3 rings (SSSR count). The summed E-state index contributed by atoms with van der Waals surface area (Å²) in [7, 11) is -2.17. The summed E-state index contributed by atoms with van der Waals surface area (Å²) < 4.78 is 32.3. The van der Waals surface area contributed by atoms with Crippen molar-refractivity contribution in [3.63, 3.8) is 0 Å². The molecule has 0 saturated carbocycles. The fourth-order valence-corrected chi connectivity index (χ4v) is 3.58. The van der Waals surface area contributed by atoms with Crippen LogP contribution in [0.25, 0.3) is 0 Å². The van der Waals surface area contributed by atoms with Gasteiger partial charge in [-0.3, -0.25) is 9.52 Å². The van der Waals surface area contributed by atoms with Crippen LogP contribution in [0.2, 0.25) is 5.02 Å². The zero-order chi connectivity index (χ0) is 20.1. The number of benzene rings is 3. The second-order valence-corrected chi connectivity index (χ2v) is 7.94. The molecule has 3 aromatic rings. The number of halogens is 1. The Morgan fingerprint density at radius 1 is 0.857 bits per heavy atom. The maximum atomic E-state index is 12.4. The van der Waals surface area contributed by atoms with Gasteiger partial charge in [0.1, 0.15) is 5.75 Å². The Balaban J connectivity index is 1.68. The van der Waals surface area contributed by atoms with E-state index < -0.39 is 10.0 Å². The van der Waals surface area contributed by atoms with Crippen molar-refractivity contribution < 1.29 is 17.9 Å². The molecule has 3 aromatic carbocycles. The summed E-state index contributed by atoms with van der Waals surface area (Å²) in [6.07, 6.45) is 0. The summed E-state index contributed by atoms with van der Waals surface area (Å²) in [5.41, 5.74) is 1.36. The Kier molecular flexibility index (Phi) is 5.87. The van der Waals surface area contributed by atoms with Crippen molar-refractivity contribution in [2.45, 2.75) is 4.90 Å². The molecule has 0 aliphatic carbocycles. The van der Waals surface area contributed by atoms with E-state index in [2.05, 4.69) is 10.0 Å². The molecule has 0 radical (unpaired) electrons. The first-order valence-electron chi connectivity index (χ1n) is 8.21. The van der Waals surface area contributed by atoms with Gasteiger partial charge in [-0.05, 0) is 72.8 Å². The van der Waals surface area contributed by atoms with E-state index in [0.29, 0.717) is 27.7 Å². The minimum absolute atomic E-state index is 0.0956. The smallest absolute Gasteiger partial charge is 0.261 e. The standard InChI is InChI=1S/C20H17ClN2O4S/c1-27-18-10-8-16(9-11-18)22-20(24)14-2-6-17(7-3-14)23-28(25,26)19-12-4-15(21)5-13-19/h2-13,23H,1H3,(H,22,24). The van der Waals surface area contributed by atoms with Crippen LogP contribution >= 0.6 is 11.6 Å². The fraction of sp³-hybridized carbons (Fsp3) is 0.0500. The van der Waals surface area contributed by atoms with Crippen LogP contribution in [0.5, 0.6) is 5.75 Å². The van der Waals surface area contributed by atoms with E-state index in [4.69, 9.17) is 16.3 Å². The second kappa shape index (κ2) is 8.33. The van der Waals surface area contributed by atoms with E-state index in [-0.39, 0.29) is 10.8 Å². The maximum absolute atomic E-state index is 12.4. The number of carbonyl (C=O) groups excluding carboxylic acids is 1. The minimum atomic E-state index is -3.74. The quantitative estimate of drug-likeness (QED) is 0.623. The van der Waals surface area contributed by atoms with Crippen molar-refractivity contribution >= 4 is 38.9 Å². The maximum Gasteiger partial charge on any atom is 0.261 e. The van der Waals surface area contributed by atoms with Gasteiger partial charge in [0, 0.05) is 22.0 Å². The van der Waals surface area contributed by atoms with Crippen molar-refractivity contribution in [1.29, 1.82) is 0 Å². The van der Waals surface area contributed by atoms with Gasteiger partial charge in [-0.2, -0.15) is 0 Å². The topological polar surface area (TPSA) is 84.5 Å². The number of ether oxygens (including phenoxy) is 1. The highest BCUT2D eigenvalue weighted by molar-refractivity contribution is 7.92. The van der Waals surface area contributed by atoms with Crippen molar-refractivity contribution in [3.8, 4) is 5.75 Å². The molecule has 8 heteroatoms. The van der Waals surface area contributed by atoms with Gasteiger partial charge in [-0.15, -0.1) is 0 Å². The number of sulfonamides is 1. The highest BCUT2D eigenvalue weighted by Crippen LogP contribution is 2.20. The number of nitrogens with one attached hydrogen (secondary N) is 2. The first-order valence-corrected chi connectivity index (χ1v) is 10.1. The molecule has 0 fully saturated rings. The number of rotatable bonds is 6. The monoisotopic (exact) mass is 416 g/mol. The molecule has 144 valence electrons. The molecule has 0 unspecified atom stereocenters. The molecule has 0 heterocycles. The van der Waals surface area contributed by atoms with Crippen LogP contribution in [-0.2, 0) is 10.0 Å². The summed E-state index contributed by atoms with van der Waals surface area (Å²) in [6.45, 7) is 0. The number of amides is 1. The van der Waals surface area contributed by atoms with Gasteiger partial charge in [0.25, 0.3) is 15.9 Å². The van der Waals surface area contributed by atoms with Gasteiger partial charge in [0.05, 0.1) is 12.0 Å². The summed E-state index contributed by atoms with van der Waals surface area (Å²) >= 11 is 5.78. The lowest BCUT2D eigenvalue weighted by molar-refractivity contribution is 0.102. The SMILES string of the molecule is COc1ccc(NC(=O)c2ccc(NS(=O)(=O)c3ccc(Cl)cc3)cc2)cc1. The molecule has 2 N–H and O–H groups in total. The number of anilines is 2. The minimum Gasteiger partial charge on any atom is -0.497 e. The van der Waals surface area contributed by atoms with Crippen LogP contribution in [0.4, 0.5) is 11.4 Å². The molecule has 6 nitrogen and oxygen atoms in total. The van der Waals surface area contributed by atoms with Gasteiger partial charge in [-0.25, -0.2) is 8.42 Å². The molecular formula is C20H17ClN2O4S. The third kappa shape index (κ3) is 4.82. The molecule has 0 spiro atoms. The summed E-state index contributed by atoms with van der Waals surface area (Å²) in [5, 5.41) is 3.21. The van der Waals surface area contributed by atoms with Crippen molar-refractivity contribution in [2.75, 3.05) is 17.1 Å². The molecule has 0 saturated heterocycles. The van der Waals surface area contributed by atoms with Crippen molar-refractivity contribution in [1.82, 2.24) is 0 Å². The molecule has 0 atom stereocenters. The van der Waals surface area contributed by atoms with Crippen LogP contribution in [0, 0.1) is 0 Å². The number of carbonyl (C=O) groups is 1. The van der Waals surface area contributed by atoms with E-state index in [1.807, 2.05) is 0 Å². The van der Waals surface area contributed by atoms with Crippen LogP contribution in [-0.4, -0.2) is 21.4 Å². The molecule has 28 heavy (non-hydrogen) atoms. The summed E-state index contributed by atoms with van der Waals surface area (Å²) in [4.78, 5) is 12.4. The zero-order valence-electron chi connectivity index (χ0n) is 14.8. The van der Waals surface area contributed by atoms with Gasteiger partial charge in [-0.1, -0.05) is 11.6 Å². The highest BCUT2D eigenvalue weighted by Gasteiger charge is 2.14. The van der Waals surface area contributed by atoms with Crippen molar-refractivity contribution in [2.24, 2.45) is 0 Å². The lowest BCUT2D eigenvalue weighted by atomic mass is 10.2. The van der Waals surface area contributed by atoms with Gasteiger partial charge in [0.2, 0.25) is 0 Å². The lowest BCUT2D eigenvalue weighted by Gasteiger charge is -2.10. The van der Waals surface area contributed by atoms with E-state index in [9.17, 15) is 13.2 Å². The third-order valence-electron chi connectivity index (χ3n) is 3.87. The molecule has 0 aliphatic heterocycles. The first kappa shape index (κ1) is 19.7. The molecule has 1 amide bonds. The lowest BCUT2D eigenvalue weighted by Crippen LogP contribution is -2.14. The van der Waals surface area contributed by atoms with Crippen molar-refractivity contribution in [3.05, 3.63) is 83.4 Å². The van der Waals surface area contributed by atoms with Gasteiger partial charge in [0.15, 0.2) is 0 Å². The van der Waals surface area contributed by atoms with E-state index in [1.54, 1.807) is 43.5 Å². The highest BCUT2D eigenvalue weighted by atomic mass is 35.5. The molecular weight excluding hydrogens is 400 g/mol. The largest absolute Gasteiger partial charge is 0.497 e. The second-order valence-electron chi connectivity index (χ2n) is 5.82. The Morgan fingerprint density at radius 3 is 2.00 bits per heavy atom. The normalized spacial score (nSPS) is 10.9. The van der Waals surface area contributed by atoms with Gasteiger partial charge < -0.3 is 10.1 Å². The average Bonchev–Trinajstić information content (AvgIpc) is 2.69. The number of hydrogen-bond acceptors (Lipinski definition) is 4. The Bertz CT molecular complexity index is 1060. The summed E-state index contributed by atoms with van der Waals surface area (Å²) in [6, 6.07) is 18.9. The number of methoxy groups -OCH3 is 1. The molecule has 0 aromatic heterocycles. The fourth-order valence-electron chi connectivity index (χ4n) is 2.40. The van der Waals surface area contributed by atoms with Crippen LogP contribution < -0.4 is 14.8 Å². The van der Waals surface area contributed by atoms with Crippen LogP contribution in [0.3, 0.4) is 0 Å². The molecule has 0 aliphatic rings. The molecule has 0 bridgehead atoms. The predicted molar refractivity (Wildman–Crippen MR) is 110 cm³/mol. The Labute approximate surface area is 168 Å². The van der Waals surface area contributed by atoms with E-state index in [0.717, 1.165) is 0 Å². The van der Waals surface area contributed by atoms with Crippen LogP contribution in [0.1, 0.15) is 10.4 Å². The average molecular weight is 417 g/mol. The summed E-state index contributed by atoms with van der Waals surface area (Å²) in [5.74, 6) is 0.382. The third-order valence-corrected chi connectivity index (χ3v) is 5.52. The van der Waals surface area contributed by atoms with E-state index >= 15 is 0 Å². The Hall–Kier alpha value is -3.03. The number of hydrogen-bond donors (Lipinski definition) is 2. The Morgan fingerprint density at radius 2 is 1.43 bits per heavy atom. The first-order chi connectivity index (χ1) is 13.4. The zero-order valence-corrected chi connectivity index (χ0v) is 16.4. The predicted octanol–water partition coefficient (Wildman–Crippen LogP) is 4.40. The van der Waals surface area contributed by atoms with Crippen LogP contribution in [0.15, 0.2) is 77.7 Å².